The van der Waals surface area contributed by atoms with Crippen molar-refractivity contribution in [3.8, 4) is 0 Å². The van der Waals surface area contributed by atoms with Crippen molar-refractivity contribution in [2.45, 2.75) is 39.0 Å². The van der Waals surface area contributed by atoms with Crippen LogP contribution in [0.15, 0.2) is 60.8 Å². The van der Waals surface area contributed by atoms with E-state index in [0.29, 0.717) is 5.52 Å². The van der Waals surface area contributed by atoms with Gasteiger partial charge in [0.1, 0.15) is 5.60 Å². The van der Waals surface area contributed by atoms with Crippen LogP contribution in [0.1, 0.15) is 37.9 Å². The Hall–Kier alpha value is -2.68. The standard InChI is InChI=1S/C22H25N3O4S/c1-22(2,3)29-21(26)25-14-18(17-11-7-8-12-20(17)25)19-15-24(30(27,28)23-19)13-16-9-5-4-6-10-16/h4-12,14,19,23H,13,15H2,1-3H3/t19-/m0/s1. The monoisotopic (exact) mass is 427 g/mol. The lowest BCUT2D eigenvalue weighted by atomic mass is 10.1. The number of carbonyl (C=O) groups excluding carboxylic acids is 1. The predicted octanol–water partition coefficient (Wildman–Crippen LogP) is 3.82. The number of hydrogen-bond acceptors (Lipinski definition) is 4. The van der Waals surface area contributed by atoms with Gasteiger partial charge in [-0.3, -0.25) is 4.57 Å². The van der Waals surface area contributed by atoms with E-state index < -0.39 is 27.9 Å². The molecule has 158 valence electrons. The maximum absolute atomic E-state index is 12.7. The molecule has 1 aliphatic rings. The lowest BCUT2D eigenvalue weighted by Gasteiger charge is -2.19. The van der Waals surface area contributed by atoms with Crippen LogP contribution in [-0.2, 0) is 21.5 Å². The Morgan fingerprint density at radius 1 is 1.10 bits per heavy atom. The number of benzene rings is 2. The number of ether oxygens (including phenoxy) is 1. The van der Waals surface area contributed by atoms with Gasteiger partial charge in [-0.05, 0) is 38.0 Å². The highest BCUT2D eigenvalue weighted by Gasteiger charge is 2.37. The molecule has 1 fully saturated rings. The zero-order chi connectivity index (χ0) is 21.5. The topological polar surface area (TPSA) is 80.6 Å². The second-order valence-electron chi connectivity index (χ2n) is 8.41. The summed E-state index contributed by atoms with van der Waals surface area (Å²) in [5.74, 6) is 0. The molecule has 3 aromatic rings. The van der Waals surface area contributed by atoms with Crippen LogP contribution in [0.2, 0.25) is 0 Å². The van der Waals surface area contributed by atoms with Crippen LogP contribution in [-0.4, -0.2) is 35.5 Å². The minimum atomic E-state index is -3.63. The Morgan fingerprint density at radius 2 is 1.77 bits per heavy atom. The summed E-state index contributed by atoms with van der Waals surface area (Å²) >= 11 is 0. The molecular weight excluding hydrogens is 402 g/mol. The third-order valence-electron chi connectivity index (χ3n) is 4.93. The van der Waals surface area contributed by atoms with Gasteiger partial charge in [-0.1, -0.05) is 48.5 Å². The second-order valence-corrected chi connectivity index (χ2v) is 10.1. The summed E-state index contributed by atoms with van der Waals surface area (Å²) in [4.78, 5) is 12.7. The van der Waals surface area contributed by atoms with E-state index in [4.69, 9.17) is 4.74 Å². The molecule has 2 aromatic carbocycles. The highest BCUT2D eigenvalue weighted by atomic mass is 32.2. The first-order valence-corrected chi connectivity index (χ1v) is 11.2. The Labute approximate surface area is 176 Å². The van der Waals surface area contributed by atoms with Crippen molar-refractivity contribution in [3.05, 3.63) is 71.9 Å². The number of hydrogen-bond donors (Lipinski definition) is 1. The fourth-order valence-electron chi connectivity index (χ4n) is 3.64. The van der Waals surface area contributed by atoms with Gasteiger partial charge in [-0.15, -0.1) is 0 Å². The van der Waals surface area contributed by atoms with E-state index in [1.54, 1.807) is 6.20 Å². The molecule has 8 heteroatoms. The third kappa shape index (κ3) is 4.12. The smallest absolute Gasteiger partial charge is 0.419 e. The van der Waals surface area contributed by atoms with Gasteiger partial charge < -0.3 is 4.74 Å². The molecule has 0 aliphatic carbocycles. The van der Waals surface area contributed by atoms with Gasteiger partial charge in [0.15, 0.2) is 0 Å². The number of fused-ring (bicyclic) bond motifs is 1. The summed E-state index contributed by atoms with van der Waals surface area (Å²) < 4.78 is 36.6. The van der Waals surface area contributed by atoms with Crippen molar-refractivity contribution in [1.29, 1.82) is 0 Å². The average molecular weight is 428 g/mol. The minimum Gasteiger partial charge on any atom is -0.443 e. The van der Waals surface area contributed by atoms with Crippen molar-refractivity contribution in [2.75, 3.05) is 6.54 Å². The van der Waals surface area contributed by atoms with Crippen molar-refractivity contribution < 1.29 is 17.9 Å². The molecule has 30 heavy (non-hydrogen) atoms. The SMILES string of the molecule is CC(C)(C)OC(=O)n1cc([C@@H]2CN(Cc3ccccc3)S(=O)(=O)N2)c2ccccc21. The third-order valence-corrected chi connectivity index (χ3v) is 6.47. The maximum Gasteiger partial charge on any atom is 0.419 e. The molecule has 0 unspecified atom stereocenters. The molecule has 0 spiro atoms. The number of para-hydroxylation sites is 1. The predicted molar refractivity (Wildman–Crippen MR) is 115 cm³/mol. The molecule has 2 heterocycles. The van der Waals surface area contributed by atoms with Gasteiger partial charge in [0.2, 0.25) is 0 Å². The van der Waals surface area contributed by atoms with Gasteiger partial charge in [-0.2, -0.15) is 17.4 Å². The summed E-state index contributed by atoms with van der Waals surface area (Å²) in [5.41, 5.74) is 1.71. The summed E-state index contributed by atoms with van der Waals surface area (Å²) in [5, 5.41) is 0.817. The first-order chi connectivity index (χ1) is 14.1. The molecular formula is C22H25N3O4S. The van der Waals surface area contributed by atoms with Gasteiger partial charge in [0.25, 0.3) is 10.2 Å². The van der Waals surface area contributed by atoms with Crippen LogP contribution in [0.25, 0.3) is 10.9 Å². The fraction of sp³-hybridized carbons (Fsp3) is 0.318. The average Bonchev–Trinajstić information content (AvgIpc) is 3.19. The number of nitrogens with zero attached hydrogens (tertiary/aromatic N) is 2. The molecule has 0 radical (unpaired) electrons. The fourth-order valence-corrected chi connectivity index (χ4v) is 5.01. The normalized spacial score (nSPS) is 19.2. The highest BCUT2D eigenvalue weighted by molar-refractivity contribution is 7.87. The van der Waals surface area contributed by atoms with Gasteiger partial charge in [0, 0.05) is 24.7 Å². The molecule has 4 rings (SSSR count). The lowest BCUT2D eigenvalue weighted by molar-refractivity contribution is 0.0544. The highest BCUT2D eigenvalue weighted by Crippen LogP contribution is 2.32. The van der Waals surface area contributed by atoms with Crippen LogP contribution in [0, 0.1) is 0 Å². The Balaban J connectivity index is 1.67. The largest absolute Gasteiger partial charge is 0.443 e. The van der Waals surface area contributed by atoms with E-state index in [0.717, 1.165) is 16.5 Å². The van der Waals surface area contributed by atoms with Crippen LogP contribution < -0.4 is 4.72 Å². The molecule has 1 aromatic heterocycles. The zero-order valence-corrected chi connectivity index (χ0v) is 18.0. The van der Waals surface area contributed by atoms with Crippen LogP contribution in [0.3, 0.4) is 0 Å². The zero-order valence-electron chi connectivity index (χ0n) is 17.2. The van der Waals surface area contributed by atoms with Crippen LogP contribution >= 0.6 is 0 Å². The molecule has 0 bridgehead atoms. The number of rotatable bonds is 3. The van der Waals surface area contributed by atoms with E-state index in [2.05, 4.69) is 4.72 Å². The van der Waals surface area contributed by atoms with Gasteiger partial charge in [-0.25, -0.2) is 4.79 Å². The Bertz CT molecular complexity index is 1180. The number of aromatic nitrogens is 1. The first-order valence-electron chi connectivity index (χ1n) is 9.79. The quantitative estimate of drug-likeness (QED) is 0.689. The molecule has 7 nitrogen and oxygen atoms in total. The molecule has 1 atom stereocenters. The summed E-state index contributed by atoms with van der Waals surface area (Å²) in [7, 11) is -3.63. The molecule has 1 saturated heterocycles. The van der Waals surface area contributed by atoms with E-state index in [1.807, 2.05) is 75.4 Å². The van der Waals surface area contributed by atoms with Crippen molar-refractivity contribution >= 4 is 27.2 Å². The number of nitrogens with one attached hydrogen (secondary N) is 1. The van der Waals surface area contributed by atoms with Gasteiger partial charge in [0.05, 0.1) is 11.6 Å². The van der Waals surface area contributed by atoms with Crippen molar-refractivity contribution in [2.24, 2.45) is 0 Å². The summed E-state index contributed by atoms with van der Waals surface area (Å²) in [6.45, 7) is 6.00. The maximum atomic E-state index is 12.7. The van der Waals surface area contributed by atoms with E-state index >= 15 is 0 Å². The number of carbonyl (C=O) groups is 1. The lowest BCUT2D eigenvalue weighted by Crippen LogP contribution is -2.29. The molecule has 0 saturated carbocycles. The van der Waals surface area contributed by atoms with E-state index in [-0.39, 0.29) is 13.1 Å². The molecule has 1 N–H and O–H groups in total. The van der Waals surface area contributed by atoms with E-state index in [1.165, 1.54) is 8.87 Å². The minimum absolute atomic E-state index is 0.277. The first kappa shape index (κ1) is 20.6. The van der Waals surface area contributed by atoms with Crippen LogP contribution in [0.4, 0.5) is 4.79 Å². The second kappa shape index (κ2) is 7.54. The van der Waals surface area contributed by atoms with Gasteiger partial charge >= 0.3 is 6.09 Å². The molecule has 0 amide bonds. The summed E-state index contributed by atoms with van der Waals surface area (Å²) in [6, 6.07) is 16.4. The van der Waals surface area contributed by atoms with Crippen molar-refractivity contribution in [3.63, 3.8) is 0 Å². The Kier molecular flexibility index (Phi) is 5.17. The summed E-state index contributed by atoms with van der Waals surface area (Å²) in [6.07, 6.45) is 1.18. The van der Waals surface area contributed by atoms with Crippen molar-refractivity contribution in [1.82, 2.24) is 13.6 Å². The Morgan fingerprint density at radius 3 is 2.47 bits per heavy atom. The van der Waals surface area contributed by atoms with Crippen LogP contribution in [0.5, 0.6) is 0 Å². The van der Waals surface area contributed by atoms with E-state index in [9.17, 15) is 13.2 Å². The molecule has 1 aliphatic heterocycles.